The molecular weight excluding hydrogens is 506 g/mol. The van der Waals surface area contributed by atoms with Crippen molar-refractivity contribution in [3.05, 3.63) is 70.2 Å². The Labute approximate surface area is 224 Å². The summed E-state index contributed by atoms with van der Waals surface area (Å²) in [5, 5.41) is 12.5. The molecule has 5 rings (SSSR count). The number of rotatable bonds is 7. The highest BCUT2D eigenvalue weighted by Gasteiger charge is 2.28. The van der Waals surface area contributed by atoms with Crippen molar-refractivity contribution in [3.8, 4) is 22.8 Å². The van der Waals surface area contributed by atoms with Gasteiger partial charge in [0, 0.05) is 29.7 Å². The fourth-order valence-corrected chi connectivity index (χ4v) is 6.08. The Morgan fingerprint density at radius 1 is 1.14 bits per heavy atom. The predicted molar refractivity (Wildman–Crippen MR) is 146 cm³/mol. The number of ether oxygens (including phenoxy) is 2. The molecule has 192 valence electrons. The summed E-state index contributed by atoms with van der Waals surface area (Å²) >= 11 is 3.04. The van der Waals surface area contributed by atoms with Crippen LogP contribution in [0.1, 0.15) is 34.9 Å². The molecule has 1 fully saturated rings. The van der Waals surface area contributed by atoms with Gasteiger partial charge < -0.3 is 14.4 Å². The van der Waals surface area contributed by atoms with Crippen LogP contribution in [0.5, 0.6) is 5.75 Å². The molecule has 1 amide bonds. The molecular formula is C27H29N5O3S2. The monoisotopic (exact) mass is 535 g/mol. The van der Waals surface area contributed by atoms with Crippen molar-refractivity contribution in [1.82, 2.24) is 24.6 Å². The van der Waals surface area contributed by atoms with E-state index in [4.69, 9.17) is 9.47 Å². The van der Waals surface area contributed by atoms with Crippen LogP contribution in [0.4, 0.5) is 0 Å². The molecule has 0 saturated carbocycles. The first-order chi connectivity index (χ1) is 17.9. The van der Waals surface area contributed by atoms with E-state index < -0.39 is 0 Å². The van der Waals surface area contributed by atoms with Gasteiger partial charge in [0.25, 0.3) is 5.91 Å². The minimum atomic E-state index is -0.0439. The zero-order chi connectivity index (χ0) is 25.9. The van der Waals surface area contributed by atoms with Crippen molar-refractivity contribution in [2.45, 2.75) is 43.9 Å². The average Bonchev–Trinajstić information content (AvgIpc) is 3.54. The third kappa shape index (κ3) is 5.71. The van der Waals surface area contributed by atoms with E-state index in [2.05, 4.69) is 50.9 Å². The third-order valence-corrected chi connectivity index (χ3v) is 8.03. The van der Waals surface area contributed by atoms with Gasteiger partial charge in [0.2, 0.25) is 0 Å². The number of thioether (sulfide) groups is 1. The van der Waals surface area contributed by atoms with Crippen molar-refractivity contribution >= 4 is 29.0 Å². The highest BCUT2D eigenvalue weighted by atomic mass is 32.2. The normalized spacial score (nSPS) is 17.7. The molecule has 1 aliphatic rings. The Hall–Kier alpha value is -3.21. The molecule has 0 radical (unpaired) electrons. The molecule has 2 aromatic heterocycles. The van der Waals surface area contributed by atoms with Gasteiger partial charge in [-0.15, -0.1) is 21.5 Å². The maximum atomic E-state index is 13.0. The zero-order valence-corrected chi connectivity index (χ0v) is 22.9. The Morgan fingerprint density at radius 3 is 2.62 bits per heavy atom. The lowest BCUT2D eigenvalue weighted by atomic mass is 10.2. The Kier molecular flexibility index (Phi) is 7.59. The van der Waals surface area contributed by atoms with Crippen LogP contribution in [0.25, 0.3) is 17.1 Å². The Bertz CT molecular complexity index is 1370. The summed E-state index contributed by atoms with van der Waals surface area (Å²) in [5.74, 6) is 2.03. The van der Waals surface area contributed by atoms with E-state index in [1.54, 1.807) is 18.9 Å². The fourth-order valence-electron chi connectivity index (χ4n) is 4.35. The molecule has 2 atom stereocenters. The SMILES string of the molecule is COc1cccc(-c2nnc(SCc3nc(C(=O)N4CC(C)OC(C)C4)cs3)n2-c2ccc(C)cc2)c1. The number of methoxy groups -OCH3 is 1. The highest BCUT2D eigenvalue weighted by Crippen LogP contribution is 2.32. The van der Waals surface area contributed by atoms with E-state index in [-0.39, 0.29) is 18.1 Å². The summed E-state index contributed by atoms with van der Waals surface area (Å²) in [6.07, 6.45) is 0.0431. The number of morpholine rings is 1. The lowest BCUT2D eigenvalue weighted by molar-refractivity contribution is -0.0587. The van der Waals surface area contributed by atoms with Gasteiger partial charge in [-0.25, -0.2) is 4.98 Å². The first-order valence-electron chi connectivity index (χ1n) is 12.1. The molecule has 0 N–H and O–H groups in total. The van der Waals surface area contributed by atoms with Crippen molar-refractivity contribution in [2.24, 2.45) is 0 Å². The number of carbonyl (C=O) groups is 1. The van der Waals surface area contributed by atoms with Crippen LogP contribution < -0.4 is 4.74 Å². The molecule has 10 heteroatoms. The van der Waals surface area contributed by atoms with Crippen LogP contribution in [-0.2, 0) is 10.5 Å². The molecule has 0 aliphatic carbocycles. The molecule has 0 bridgehead atoms. The van der Waals surface area contributed by atoms with E-state index in [9.17, 15) is 4.79 Å². The topological polar surface area (TPSA) is 82.4 Å². The molecule has 3 heterocycles. The summed E-state index contributed by atoms with van der Waals surface area (Å²) < 4.78 is 13.2. The van der Waals surface area contributed by atoms with E-state index in [1.165, 1.54) is 16.9 Å². The van der Waals surface area contributed by atoms with Gasteiger partial charge in [0.05, 0.1) is 25.1 Å². The molecule has 0 spiro atoms. The largest absolute Gasteiger partial charge is 0.497 e. The quantitative estimate of drug-likeness (QED) is 0.299. The lowest BCUT2D eigenvalue weighted by Gasteiger charge is -2.34. The second-order valence-corrected chi connectivity index (χ2v) is 11.0. The first-order valence-corrected chi connectivity index (χ1v) is 14.0. The number of aryl methyl sites for hydroxylation is 1. The van der Waals surface area contributed by atoms with E-state index in [1.807, 2.05) is 48.4 Å². The van der Waals surface area contributed by atoms with Crippen molar-refractivity contribution in [1.29, 1.82) is 0 Å². The number of amides is 1. The Morgan fingerprint density at radius 2 is 1.89 bits per heavy atom. The smallest absolute Gasteiger partial charge is 0.273 e. The summed E-state index contributed by atoms with van der Waals surface area (Å²) in [5.41, 5.74) is 3.55. The first kappa shape index (κ1) is 25.4. The van der Waals surface area contributed by atoms with E-state index in [0.717, 1.165) is 33.0 Å². The zero-order valence-electron chi connectivity index (χ0n) is 21.2. The van der Waals surface area contributed by atoms with Crippen LogP contribution >= 0.6 is 23.1 Å². The van der Waals surface area contributed by atoms with Crippen LogP contribution in [0.3, 0.4) is 0 Å². The molecule has 4 aromatic rings. The number of aromatic nitrogens is 4. The van der Waals surface area contributed by atoms with Gasteiger partial charge in [-0.2, -0.15) is 0 Å². The Balaban J connectivity index is 1.38. The summed E-state index contributed by atoms with van der Waals surface area (Å²) in [7, 11) is 1.65. The van der Waals surface area contributed by atoms with Gasteiger partial charge in [-0.3, -0.25) is 9.36 Å². The molecule has 1 saturated heterocycles. The number of benzene rings is 2. The summed E-state index contributed by atoms with van der Waals surface area (Å²) in [6.45, 7) is 7.20. The van der Waals surface area contributed by atoms with Crippen LogP contribution in [0.15, 0.2) is 59.1 Å². The fraction of sp³-hybridized carbons (Fsp3) is 0.333. The van der Waals surface area contributed by atoms with Gasteiger partial charge >= 0.3 is 0 Å². The summed E-state index contributed by atoms with van der Waals surface area (Å²) in [6, 6.07) is 16.1. The van der Waals surface area contributed by atoms with Crippen LogP contribution in [0.2, 0.25) is 0 Å². The molecule has 1 aliphatic heterocycles. The number of carbonyl (C=O) groups excluding carboxylic acids is 1. The molecule has 8 nitrogen and oxygen atoms in total. The van der Waals surface area contributed by atoms with Crippen molar-refractivity contribution in [3.63, 3.8) is 0 Å². The predicted octanol–water partition coefficient (Wildman–Crippen LogP) is 5.25. The van der Waals surface area contributed by atoms with E-state index in [0.29, 0.717) is 24.5 Å². The van der Waals surface area contributed by atoms with Crippen molar-refractivity contribution < 1.29 is 14.3 Å². The van der Waals surface area contributed by atoms with E-state index >= 15 is 0 Å². The second-order valence-electron chi connectivity index (χ2n) is 9.09. The minimum Gasteiger partial charge on any atom is -0.497 e. The second kappa shape index (κ2) is 11.0. The van der Waals surface area contributed by atoms with Crippen LogP contribution in [0, 0.1) is 6.92 Å². The molecule has 2 unspecified atom stereocenters. The average molecular weight is 536 g/mol. The summed E-state index contributed by atoms with van der Waals surface area (Å²) in [4.78, 5) is 19.5. The van der Waals surface area contributed by atoms with Gasteiger partial charge in [-0.1, -0.05) is 41.6 Å². The standard InChI is InChI=1S/C27H29N5O3S2/c1-17-8-10-21(11-9-17)32-25(20-6-5-7-22(12-20)34-4)29-30-27(32)37-16-24-28-23(15-36-24)26(33)31-13-18(2)35-19(3)14-31/h5-12,15,18-19H,13-14,16H2,1-4H3. The highest BCUT2D eigenvalue weighted by molar-refractivity contribution is 7.98. The minimum absolute atomic E-state index is 0.0216. The maximum Gasteiger partial charge on any atom is 0.273 e. The number of hydrogen-bond acceptors (Lipinski definition) is 8. The number of nitrogens with zero attached hydrogens (tertiary/aromatic N) is 5. The van der Waals surface area contributed by atoms with Crippen LogP contribution in [-0.4, -0.2) is 63.0 Å². The van der Waals surface area contributed by atoms with Crippen molar-refractivity contribution in [2.75, 3.05) is 20.2 Å². The maximum absolute atomic E-state index is 13.0. The molecule has 37 heavy (non-hydrogen) atoms. The third-order valence-electron chi connectivity index (χ3n) is 6.06. The molecule has 2 aromatic carbocycles. The van der Waals surface area contributed by atoms with Gasteiger partial charge in [0.15, 0.2) is 11.0 Å². The lowest BCUT2D eigenvalue weighted by Crippen LogP contribution is -2.48. The number of hydrogen-bond donors (Lipinski definition) is 0. The van der Waals surface area contributed by atoms with Gasteiger partial charge in [-0.05, 0) is 45.0 Å². The van der Waals surface area contributed by atoms with Gasteiger partial charge in [0.1, 0.15) is 16.5 Å². The number of thiazole rings is 1.